The number of pyridine rings is 1. The summed E-state index contributed by atoms with van der Waals surface area (Å²) in [4.78, 5) is 1.45. The highest BCUT2D eigenvalue weighted by Gasteiger charge is 2.84. The third kappa shape index (κ3) is 2.78. The predicted octanol–water partition coefficient (Wildman–Crippen LogP) is 6.45. The van der Waals surface area contributed by atoms with Crippen LogP contribution in [0.4, 0.5) is 0 Å². The van der Waals surface area contributed by atoms with Crippen molar-refractivity contribution in [1.82, 2.24) is 0 Å². The van der Waals surface area contributed by atoms with Crippen LogP contribution in [0.3, 0.4) is 0 Å². The minimum absolute atomic E-state index is 0.0510. The second-order valence-corrected chi connectivity index (χ2v) is 10.8. The first kappa shape index (κ1) is 21.7. The summed E-state index contributed by atoms with van der Waals surface area (Å²) in [7, 11) is 1.73. The van der Waals surface area contributed by atoms with E-state index in [2.05, 4.69) is 80.1 Å². The SMILES string of the molecule is CCC12c3c(sc4ccccc34)-c3cccc[n+]3C1(C)C2C(C)COC(C)=CC(C)OC. The Bertz CT molecular complexity index is 1200. The van der Waals surface area contributed by atoms with E-state index in [0.29, 0.717) is 11.8 Å². The molecule has 2 aromatic heterocycles. The van der Waals surface area contributed by atoms with Crippen molar-refractivity contribution in [3.8, 4) is 10.6 Å². The lowest BCUT2D eigenvalue weighted by Crippen LogP contribution is -2.53. The van der Waals surface area contributed by atoms with Gasteiger partial charge in [0.25, 0.3) is 0 Å². The van der Waals surface area contributed by atoms with Crippen molar-refractivity contribution in [3.63, 3.8) is 0 Å². The zero-order valence-electron chi connectivity index (χ0n) is 20.0. The summed E-state index contributed by atoms with van der Waals surface area (Å²) in [6, 6.07) is 15.6. The minimum Gasteiger partial charge on any atom is -0.498 e. The lowest BCUT2D eigenvalue weighted by molar-refractivity contribution is -0.734. The molecule has 1 saturated carbocycles. The van der Waals surface area contributed by atoms with Gasteiger partial charge in [0.15, 0.2) is 11.7 Å². The number of thiophene rings is 1. The van der Waals surface area contributed by atoms with E-state index in [4.69, 9.17) is 9.47 Å². The molecule has 4 heteroatoms. The molecule has 3 heterocycles. The summed E-state index contributed by atoms with van der Waals surface area (Å²) in [5.74, 6) is 1.88. The number of hydrogen-bond acceptors (Lipinski definition) is 3. The van der Waals surface area contributed by atoms with Crippen molar-refractivity contribution in [3.05, 3.63) is 66.1 Å². The molecule has 5 atom stereocenters. The van der Waals surface area contributed by atoms with Gasteiger partial charge in [0.05, 0.1) is 23.9 Å². The molecule has 1 aliphatic heterocycles. The average molecular weight is 449 g/mol. The molecule has 0 bridgehead atoms. The zero-order valence-corrected chi connectivity index (χ0v) is 20.8. The molecule has 3 aromatic rings. The predicted molar refractivity (Wildman–Crippen MR) is 132 cm³/mol. The molecule has 1 aliphatic carbocycles. The monoisotopic (exact) mass is 448 g/mol. The zero-order chi connectivity index (χ0) is 22.7. The van der Waals surface area contributed by atoms with Gasteiger partial charge in [-0.1, -0.05) is 32.0 Å². The molecule has 0 amide bonds. The van der Waals surface area contributed by atoms with Crippen molar-refractivity contribution < 1.29 is 14.0 Å². The van der Waals surface area contributed by atoms with Gasteiger partial charge < -0.3 is 9.47 Å². The topological polar surface area (TPSA) is 22.3 Å². The fraction of sp³-hybridized carbons (Fsp3) is 0.464. The van der Waals surface area contributed by atoms with Gasteiger partial charge >= 0.3 is 0 Å². The normalized spacial score (nSPS) is 27.9. The van der Waals surface area contributed by atoms with Gasteiger partial charge in [-0.15, -0.1) is 11.3 Å². The Labute approximate surface area is 195 Å². The van der Waals surface area contributed by atoms with Crippen molar-refractivity contribution >= 4 is 21.4 Å². The number of aromatic nitrogens is 1. The maximum Gasteiger partial charge on any atom is 0.223 e. The third-order valence-electron chi connectivity index (χ3n) is 8.13. The van der Waals surface area contributed by atoms with Crippen molar-refractivity contribution in [2.75, 3.05) is 13.7 Å². The Morgan fingerprint density at radius 1 is 1.19 bits per heavy atom. The van der Waals surface area contributed by atoms with Gasteiger partial charge in [0, 0.05) is 42.7 Å². The summed E-state index contributed by atoms with van der Waals surface area (Å²) in [5.41, 5.74) is 3.11. The van der Waals surface area contributed by atoms with Crippen LogP contribution in [0.2, 0.25) is 0 Å². The first-order valence-corrected chi connectivity index (χ1v) is 12.6. The van der Waals surface area contributed by atoms with Crippen LogP contribution in [-0.2, 0) is 20.4 Å². The Hall–Kier alpha value is -2.17. The Morgan fingerprint density at radius 3 is 2.69 bits per heavy atom. The quantitative estimate of drug-likeness (QED) is 0.306. The lowest BCUT2D eigenvalue weighted by Gasteiger charge is -2.25. The summed E-state index contributed by atoms with van der Waals surface area (Å²) < 4.78 is 15.6. The average Bonchev–Trinajstić information content (AvgIpc) is 3.17. The maximum absolute atomic E-state index is 6.24. The highest BCUT2D eigenvalue weighted by atomic mass is 32.1. The van der Waals surface area contributed by atoms with E-state index in [1.54, 1.807) is 12.7 Å². The molecule has 0 saturated heterocycles. The number of ether oxygens (including phenoxy) is 2. The molecular formula is C28H34NO2S+. The van der Waals surface area contributed by atoms with Crippen LogP contribution < -0.4 is 4.57 Å². The lowest BCUT2D eigenvalue weighted by atomic mass is 9.81. The largest absolute Gasteiger partial charge is 0.498 e. The summed E-state index contributed by atoms with van der Waals surface area (Å²) in [5, 5.41) is 1.44. The standard InChI is InChI=1S/C28H34NO2S/c1-7-28-24-21-12-8-9-14-23(21)32-25(24)22-13-10-11-15-29(22)27(28,5)26(28)18(2)17-31-20(4)16-19(3)30-6/h8-16,18-19,26H,7,17H2,1-6H3/q+1. The second-order valence-electron chi connectivity index (χ2n) is 9.71. The first-order valence-electron chi connectivity index (χ1n) is 11.8. The van der Waals surface area contributed by atoms with E-state index >= 15 is 0 Å². The van der Waals surface area contributed by atoms with Crippen molar-refractivity contribution in [1.29, 1.82) is 0 Å². The van der Waals surface area contributed by atoms with Crippen LogP contribution >= 0.6 is 11.3 Å². The molecule has 0 N–H and O–H groups in total. The van der Waals surface area contributed by atoms with Gasteiger partial charge in [-0.2, -0.15) is 4.57 Å². The van der Waals surface area contributed by atoms with Crippen LogP contribution in [0, 0.1) is 11.8 Å². The van der Waals surface area contributed by atoms with Gasteiger partial charge in [0.2, 0.25) is 5.69 Å². The molecular weight excluding hydrogens is 414 g/mol. The highest BCUT2D eigenvalue weighted by molar-refractivity contribution is 7.22. The molecule has 3 nitrogen and oxygen atoms in total. The van der Waals surface area contributed by atoms with E-state index in [9.17, 15) is 0 Å². The van der Waals surface area contributed by atoms with Crippen molar-refractivity contribution in [2.45, 2.75) is 58.1 Å². The fourth-order valence-corrected chi connectivity index (χ4v) is 8.10. The minimum atomic E-state index is 0.0510. The molecule has 168 valence electrons. The molecule has 5 rings (SSSR count). The molecule has 1 fully saturated rings. The molecule has 2 aliphatic rings. The van der Waals surface area contributed by atoms with Crippen LogP contribution in [0.5, 0.6) is 0 Å². The van der Waals surface area contributed by atoms with Gasteiger partial charge in [-0.3, -0.25) is 0 Å². The molecule has 0 radical (unpaired) electrons. The van der Waals surface area contributed by atoms with Gasteiger partial charge in [0.1, 0.15) is 4.88 Å². The Morgan fingerprint density at radius 2 is 1.94 bits per heavy atom. The summed E-state index contributed by atoms with van der Waals surface area (Å²) >= 11 is 1.95. The molecule has 5 unspecified atom stereocenters. The van der Waals surface area contributed by atoms with Crippen LogP contribution in [0.15, 0.2) is 60.5 Å². The Kier molecular flexibility index (Phi) is 5.22. The van der Waals surface area contributed by atoms with Crippen molar-refractivity contribution in [2.24, 2.45) is 11.8 Å². The van der Waals surface area contributed by atoms with E-state index < -0.39 is 0 Å². The van der Waals surface area contributed by atoms with Crippen LogP contribution in [0.1, 0.15) is 46.6 Å². The molecule has 1 aromatic carbocycles. The summed E-state index contributed by atoms with van der Waals surface area (Å²) in [6.45, 7) is 12.0. The Balaban J connectivity index is 1.60. The third-order valence-corrected chi connectivity index (χ3v) is 9.33. The number of benzene rings is 1. The smallest absolute Gasteiger partial charge is 0.223 e. The highest BCUT2D eigenvalue weighted by Crippen LogP contribution is 2.74. The van der Waals surface area contributed by atoms with E-state index in [0.717, 1.165) is 18.8 Å². The summed E-state index contributed by atoms with van der Waals surface area (Å²) in [6.07, 6.45) is 5.55. The number of fused-ring (bicyclic) bond motifs is 8. The maximum atomic E-state index is 6.24. The fourth-order valence-electron chi connectivity index (χ4n) is 6.79. The van der Waals surface area contributed by atoms with Gasteiger partial charge in [-0.05, 0) is 49.4 Å². The number of hydrogen-bond donors (Lipinski definition) is 0. The molecule has 32 heavy (non-hydrogen) atoms. The number of methoxy groups -OCH3 is 1. The van der Waals surface area contributed by atoms with Crippen LogP contribution in [0.25, 0.3) is 20.7 Å². The molecule has 0 spiro atoms. The number of allylic oxidation sites excluding steroid dienone is 1. The van der Waals surface area contributed by atoms with Gasteiger partial charge in [-0.25, -0.2) is 0 Å². The van der Waals surface area contributed by atoms with E-state index in [-0.39, 0.29) is 17.1 Å². The van der Waals surface area contributed by atoms with E-state index in [1.165, 1.54) is 20.7 Å². The van der Waals surface area contributed by atoms with E-state index in [1.807, 2.05) is 25.2 Å². The first-order chi connectivity index (χ1) is 15.4. The number of rotatable bonds is 7. The van der Waals surface area contributed by atoms with Crippen LogP contribution in [-0.4, -0.2) is 19.8 Å². The second kappa shape index (κ2) is 7.71. The number of nitrogens with zero attached hydrogens (tertiary/aromatic N) is 1.